The van der Waals surface area contributed by atoms with Crippen molar-refractivity contribution in [1.82, 2.24) is 4.57 Å². The highest BCUT2D eigenvalue weighted by Gasteiger charge is 2.21. The molecule has 12 aromatic rings. The first-order chi connectivity index (χ1) is 31.7. The molecule has 2 nitrogen and oxygen atoms in total. The van der Waals surface area contributed by atoms with Crippen molar-refractivity contribution in [3.63, 3.8) is 0 Å². The molecule has 0 N–H and O–H groups in total. The SMILES string of the molecule is c1ccc(-c2ccc(-c3cccc(N(c4ccc(-c5ccc6ccccc6c5)cc4)c4ccc(-c5cccc6ccccc56)cc4)c3)c3c4ccccc4n(-c4ccccc4)c23)cc1. The predicted octanol–water partition coefficient (Wildman–Crippen LogP) is 17.2. The molecule has 2 heteroatoms. The molecular formula is C62H42N2. The summed E-state index contributed by atoms with van der Waals surface area (Å²) in [5.74, 6) is 0. The molecule has 0 aliphatic rings. The summed E-state index contributed by atoms with van der Waals surface area (Å²) in [5, 5.41) is 7.45. The Balaban J connectivity index is 1.03. The van der Waals surface area contributed by atoms with Crippen LogP contribution in [0.2, 0.25) is 0 Å². The lowest BCUT2D eigenvalue weighted by molar-refractivity contribution is 1.18. The molecule has 1 aromatic heterocycles. The van der Waals surface area contributed by atoms with Crippen LogP contribution in [0.25, 0.3) is 93.5 Å². The second-order valence-corrected chi connectivity index (χ2v) is 16.5. The van der Waals surface area contributed by atoms with Gasteiger partial charge in [-0.15, -0.1) is 0 Å². The maximum absolute atomic E-state index is 2.45. The molecule has 0 amide bonds. The van der Waals surface area contributed by atoms with Crippen LogP contribution in [-0.2, 0) is 0 Å². The second-order valence-electron chi connectivity index (χ2n) is 16.5. The lowest BCUT2D eigenvalue weighted by Crippen LogP contribution is -2.10. The van der Waals surface area contributed by atoms with Gasteiger partial charge in [0.15, 0.2) is 0 Å². The molecule has 0 fully saturated rings. The Labute approximate surface area is 373 Å². The van der Waals surface area contributed by atoms with Gasteiger partial charge in [-0.1, -0.05) is 194 Å². The molecule has 0 aliphatic heterocycles. The highest BCUT2D eigenvalue weighted by atomic mass is 15.1. The minimum Gasteiger partial charge on any atom is -0.310 e. The molecule has 300 valence electrons. The zero-order valence-corrected chi connectivity index (χ0v) is 35.1. The Hall–Kier alpha value is -8.46. The average molecular weight is 815 g/mol. The molecule has 0 aliphatic carbocycles. The molecule has 11 aromatic carbocycles. The van der Waals surface area contributed by atoms with Gasteiger partial charge in [-0.2, -0.15) is 0 Å². The van der Waals surface area contributed by atoms with Crippen LogP contribution in [0.15, 0.2) is 255 Å². The standard InChI is InChI=1S/C62H42N2/c1-3-16-46(17-4-1)58-40-39-57(61-59-26-11-12-28-60(59)64(62(58)61)51-22-5-2-6-23-51)50-21-13-24-54(42-50)63(52-35-31-44(32-36-52)49-30-29-43-15-7-8-19-48(43)41-49)53-37-33-47(34-38-53)56-27-14-20-45-18-9-10-25-55(45)56/h1-42H. The maximum atomic E-state index is 2.45. The van der Waals surface area contributed by atoms with Gasteiger partial charge in [0.1, 0.15) is 0 Å². The molecule has 0 saturated carbocycles. The van der Waals surface area contributed by atoms with Gasteiger partial charge in [0.05, 0.1) is 11.0 Å². The fourth-order valence-corrected chi connectivity index (χ4v) is 9.73. The zero-order valence-electron chi connectivity index (χ0n) is 35.1. The van der Waals surface area contributed by atoms with Crippen molar-refractivity contribution >= 4 is 60.4 Å². The molecule has 0 radical (unpaired) electrons. The summed E-state index contributed by atoms with van der Waals surface area (Å²) in [5.41, 5.74) is 16.3. The van der Waals surface area contributed by atoms with Crippen molar-refractivity contribution in [3.8, 4) is 50.2 Å². The molecule has 0 spiro atoms. The van der Waals surface area contributed by atoms with E-state index >= 15 is 0 Å². The predicted molar refractivity (Wildman–Crippen MR) is 272 cm³/mol. The molecule has 1 heterocycles. The third-order valence-electron chi connectivity index (χ3n) is 12.8. The third-order valence-corrected chi connectivity index (χ3v) is 12.8. The fourth-order valence-electron chi connectivity index (χ4n) is 9.73. The minimum atomic E-state index is 1.08. The normalized spacial score (nSPS) is 11.4. The van der Waals surface area contributed by atoms with E-state index in [4.69, 9.17) is 0 Å². The first-order valence-corrected chi connectivity index (χ1v) is 22.0. The van der Waals surface area contributed by atoms with Crippen molar-refractivity contribution < 1.29 is 0 Å². The first kappa shape index (κ1) is 37.3. The highest BCUT2D eigenvalue weighted by molar-refractivity contribution is 6.19. The molecule has 0 atom stereocenters. The summed E-state index contributed by atoms with van der Waals surface area (Å²) in [7, 11) is 0. The number of rotatable bonds is 8. The van der Waals surface area contributed by atoms with Crippen LogP contribution in [0.1, 0.15) is 0 Å². The molecule has 0 bridgehead atoms. The second kappa shape index (κ2) is 15.8. The van der Waals surface area contributed by atoms with E-state index < -0.39 is 0 Å². The van der Waals surface area contributed by atoms with E-state index in [-0.39, 0.29) is 0 Å². The van der Waals surface area contributed by atoms with Gasteiger partial charge in [-0.3, -0.25) is 0 Å². The lowest BCUT2D eigenvalue weighted by atomic mass is 9.94. The smallest absolute Gasteiger partial charge is 0.0625 e. The van der Waals surface area contributed by atoms with Crippen LogP contribution >= 0.6 is 0 Å². The van der Waals surface area contributed by atoms with Crippen molar-refractivity contribution in [3.05, 3.63) is 255 Å². The summed E-state index contributed by atoms with van der Waals surface area (Å²) in [4.78, 5) is 2.39. The summed E-state index contributed by atoms with van der Waals surface area (Å²) in [6, 6.07) is 92.7. The van der Waals surface area contributed by atoms with Crippen molar-refractivity contribution in [2.24, 2.45) is 0 Å². The number of para-hydroxylation sites is 2. The van der Waals surface area contributed by atoms with E-state index in [0.717, 1.165) is 28.3 Å². The van der Waals surface area contributed by atoms with Crippen LogP contribution < -0.4 is 4.90 Å². The number of hydrogen-bond donors (Lipinski definition) is 0. The third kappa shape index (κ3) is 6.52. The Bertz CT molecular complexity index is 3640. The Morgan fingerprint density at radius 1 is 0.281 bits per heavy atom. The number of aromatic nitrogens is 1. The van der Waals surface area contributed by atoms with Gasteiger partial charge in [0, 0.05) is 39.1 Å². The summed E-state index contributed by atoms with van der Waals surface area (Å²) in [6.07, 6.45) is 0. The van der Waals surface area contributed by atoms with E-state index in [1.54, 1.807) is 0 Å². The number of benzene rings is 11. The molecular weight excluding hydrogens is 773 g/mol. The van der Waals surface area contributed by atoms with Crippen LogP contribution in [0.4, 0.5) is 17.1 Å². The van der Waals surface area contributed by atoms with Crippen molar-refractivity contribution in [2.75, 3.05) is 4.90 Å². The monoisotopic (exact) mass is 814 g/mol. The largest absolute Gasteiger partial charge is 0.310 e. The van der Waals surface area contributed by atoms with Crippen LogP contribution in [0, 0.1) is 0 Å². The minimum absolute atomic E-state index is 1.08. The summed E-state index contributed by atoms with van der Waals surface area (Å²) >= 11 is 0. The van der Waals surface area contributed by atoms with Gasteiger partial charge in [-0.05, 0) is 121 Å². The Kier molecular flexibility index (Phi) is 9.20. The molecule has 12 rings (SSSR count). The summed E-state index contributed by atoms with van der Waals surface area (Å²) < 4.78 is 2.45. The van der Waals surface area contributed by atoms with Crippen LogP contribution in [-0.4, -0.2) is 4.57 Å². The van der Waals surface area contributed by atoms with Gasteiger partial charge in [0.25, 0.3) is 0 Å². The fraction of sp³-hybridized carbons (Fsp3) is 0. The average Bonchev–Trinajstić information content (AvgIpc) is 3.72. The van der Waals surface area contributed by atoms with E-state index in [0.29, 0.717) is 0 Å². The molecule has 64 heavy (non-hydrogen) atoms. The quantitative estimate of drug-likeness (QED) is 0.148. The number of anilines is 3. The van der Waals surface area contributed by atoms with Crippen molar-refractivity contribution in [2.45, 2.75) is 0 Å². The van der Waals surface area contributed by atoms with E-state index in [1.165, 1.54) is 82.3 Å². The Morgan fingerprint density at radius 2 is 0.844 bits per heavy atom. The van der Waals surface area contributed by atoms with E-state index in [2.05, 4.69) is 264 Å². The number of nitrogens with zero attached hydrogens (tertiary/aromatic N) is 2. The first-order valence-electron chi connectivity index (χ1n) is 22.0. The van der Waals surface area contributed by atoms with E-state index in [1.807, 2.05) is 0 Å². The zero-order chi connectivity index (χ0) is 42.4. The van der Waals surface area contributed by atoms with Gasteiger partial charge < -0.3 is 9.47 Å². The molecule has 0 unspecified atom stereocenters. The maximum Gasteiger partial charge on any atom is 0.0625 e. The van der Waals surface area contributed by atoms with Crippen LogP contribution in [0.5, 0.6) is 0 Å². The van der Waals surface area contributed by atoms with Gasteiger partial charge in [-0.25, -0.2) is 0 Å². The highest BCUT2D eigenvalue weighted by Crippen LogP contribution is 2.45. The van der Waals surface area contributed by atoms with E-state index in [9.17, 15) is 0 Å². The Morgan fingerprint density at radius 3 is 1.62 bits per heavy atom. The molecule has 0 saturated heterocycles. The topological polar surface area (TPSA) is 8.17 Å². The number of fused-ring (bicyclic) bond motifs is 5. The van der Waals surface area contributed by atoms with Gasteiger partial charge in [0.2, 0.25) is 0 Å². The number of hydrogen-bond acceptors (Lipinski definition) is 1. The van der Waals surface area contributed by atoms with Gasteiger partial charge >= 0.3 is 0 Å². The van der Waals surface area contributed by atoms with Crippen molar-refractivity contribution in [1.29, 1.82) is 0 Å². The summed E-state index contributed by atoms with van der Waals surface area (Å²) in [6.45, 7) is 0. The lowest BCUT2D eigenvalue weighted by Gasteiger charge is -2.26. The van der Waals surface area contributed by atoms with Crippen LogP contribution in [0.3, 0.4) is 0 Å².